The Morgan fingerprint density at radius 3 is 2.86 bits per heavy atom. The maximum Gasteiger partial charge on any atom is 0.251 e. The van der Waals surface area contributed by atoms with Gasteiger partial charge < -0.3 is 14.6 Å². The highest BCUT2D eigenvalue weighted by Crippen LogP contribution is 2.41. The number of piperidine rings is 1. The Hall–Kier alpha value is -2.48. The van der Waals surface area contributed by atoms with E-state index in [4.69, 9.17) is 4.42 Å². The molecule has 2 aromatic heterocycles. The zero-order valence-electron chi connectivity index (χ0n) is 16.4. The number of nitrogens with one attached hydrogen (secondary N) is 1. The van der Waals surface area contributed by atoms with Gasteiger partial charge in [0.25, 0.3) is 5.56 Å². The molecule has 3 atom stereocenters. The summed E-state index contributed by atoms with van der Waals surface area (Å²) in [4.78, 5) is 40.2. The number of pyridine rings is 1. The molecule has 2 amide bonds. The van der Waals surface area contributed by atoms with Crippen molar-refractivity contribution >= 4 is 23.6 Å². The summed E-state index contributed by atoms with van der Waals surface area (Å²) in [6.07, 6.45) is 4.92. The minimum atomic E-state index is -0.601. The van der Waals surface area contributed by atoms with E-state index in [9.17, 15) is 14.4 Å². The monoisotopic (exact) mass is 415 g/mol. The molecule has 2 aliphatic rings. The first-order valence-electron chi connectivity index (χ1n) is 9.86. The molecule has 1 saturated heterocycles. The molecule has 0 radical (unpaired) electrons. The number of amides is 2. The fourth-order valence-corrected chi connectivity index (χ4v) is 4.99. The number of thioether (sulfide) groups is 1. The molecule has 4 rings (SSSR count). The minimum Gasteiger partial charge on any atom is -0.469 e. The quantitative estimate of drug-likeness (QED) is 0.776. The van der Waals surface area contributed by atoms with Crippen LogP contribution in [-0.4, -0.2) is 52.9 Å². The van der Waals surface area contributed by atoms with E-state index < -0.39 is 6.04 Å². The maximum absolute atomic E-state index is 13.1. The van der Waals surface area contributed by atoms with Crippen LogP contribution in [-0.2, 0) is 16.0 Å². The number of furan rings is 1. The normalized spacial score (nSPS) is 22.8. The maximum atomic E-state index is 13.1. The molecule has 2 aromatic rings. The summed E-state index contributed by atoms with van der Waals surface area (Å²) in [7, 11) is 0. The van der Waals surface area contributed by atoms with E-state index in [2.05, 4.69) is 5.32 Å². The fourth-order valence-electron chi connectivity index (χ4n) is 4.56. The third-order valence-electron chi connectivity index (χ3n) is 5.79. The molecule has 2 bridgehead atoms. The third-order valence-corrected chi connectivity index (χ3v) is 6.32. The topological polar surface area (TPSA) is 84.6 Å². The Morgan fingerprint density at radius 1 is 1.24 bits per heavy atom. The number of aromatic nitrogens is 1. The van der Waals surface area contributed by atoms with Gasteiger partial charge in [-0.3, -0.25) is 19.0 Å². The second-order valence-electron chi connectivity index (χ2n) is 7.65. The Morgan fingerprint density at radius 2 is 2.10 bits per heavy atom. The molecule has 29 heavy (non-hydrogen) atoms. The van der Waals surface area contributed by atoms with Crippen molar-refractivity contribution in [1.82, 2.24) is 14.8 Å². The van der Waals surface area contributed by atoms with Gasteiger partial charge in [-0.1, -0.05) is 6.07 Å². The van der Waals surface area contributed by atoms with E-state index in [1.54, 1.807) is 16.9 Å². The summed E-state index contributed by atoms with van der Waals surface area (Å²) in [5.74, 6) is 1.17. The van der Waals surface area contributed by atoms with Crippen molar-refractivity contribution in [2.75, 3.05) is 31.6 Å². The second kappa shape index (κ2) is 8.49. The lowest BCUT2D eigenvalue weighted by atomic mass is 9.78. The smallest absolute Gasteiger partial charge is 0.251 e. The number of hydrogen-bond donors (Lipinski definition) is 1. The summed E-state index contributed by atoms with van der Waals surface area (Å²) in [6, 6.07) is 8.24. The van der Waals surface area contributed by atoms with Gasteiger partial charge in [-0.25, -0.2) is 0 Å². The van der Waals surface area contributed by atoms with Gasteiger partial charge in [0.2, 0.25) is 11.8 Å². The van der Waals surface area contributed by atoms with E-state index >= 15 is 0 Å². The lowest BCUT2D eigenvalue weighted by Gasteiger charge is -2.46. The first-order chi connectivity index (χ1) is 14.1. The molecule has 0 aromatic carbocycles. The van der Waals surface area contributed by atoms with Crippen LogP contribution in [0.3, 0.4) is 0 Å². The Kier molecular flexibility index (Phi) is 5.80. The molecule has 8 heteroatoms. The fraction of sp³-hybridized carbons (Fsp3) is 0.476. The molecule has 7 nitrogen and oxygen atoms in total. The van der Waals surface area contributed by atoms with Crippen molar-refractivity contribution in [3.63, 3.8) is 0 Å². The van der Waals surface area contributed by atoms with Crippen LogP contribution in [0.1, 0.15) is 29.8 Å². The van der Waals surface area contributed by atoms with Crippen molar-refractivity contribution < 1.29 is 14.0 Å². The predicted molar refractivity (Wildman–Crippen MR) is 111 cm³/mol. The van der Waals surface area contributed by atoms with Gasteiger partial charge in [-0.2, -0.15) is 11.8 Å². The second-order valence-corrected chi connectivity index (χ2v) is 8.51. The SMILES string of the molecule is CSCC(=O)N1C[C@@H]2C[C@H](C1)[C@H](C(=O)NCCc1ccco1)n1c2cccc1=O. The molecular weight excluding hydrogens is 390 g/mol. The van der Waals surface area contributed by atoms with Crippen molar-refractivity contribution in [3.05, 3.63) is 58.4 Å². The molecule has 1 N–H and O–H groups in total. The van der Waals surface area contributed by atoms with Crippen LogP contribution in [0.5, 0.6) is 0 Å². The van der Waals surface area contributed by atoms with Crippen LogP contribution >= 0.6 is 11.8 Å². The zero-order chi connectivity index (χ0) is 20.4. The standard InChI is InChI=1S/C21H25N3O4S/c1-29-13-19(26)23-11-14-10-15(12-23)20(24-17(14)5-2-6-18(24)25)21(27)22-8-7-16-4-3-9-28-16/h2-6,9,14-15,20H,7-8,10-13H2,1H3,(H,22,27)/t14-,15+,20+/m0/s1. The summed E-state index contributed by atoms with van der Waals surface area (Å²) in [5.41, 5.74) is 0.689. The van der Waals surface area contributed by atoms with Crippen molar-refractivity contribution in [2.24, 2.45) is 5.92 Å². The Bertz CT molecular complexity index is 940. The van der Waals surface area contributed by atoms with Crippen LogP contribution in [0, 0.1) is 5.92 Å². The van der Waals surface area contributed by atoms with E-state index in [0.717, 1.165) is 17.9 Å². The molecule has 0 aliphatic carbocycles. The van der Waals surface area contributed by atoms with Crippen molar-refractivity contribution in [3.8, 4) is 0 Å². The van der Waals surface area contributed by atoms with Gasteiger partial charge >= 0.3 is 0 Å². The van der Waals surface area contributed by atoms with Crippen LogP contribution in [0.25, 0.3) is 0 Å². The Labute approximate surface area is 173 Å². The van der Waals surface area contributed by atoms with E-state index in [1.165, 1.54) is 17.8 Å². The van der Waals surface area contributed by atoms with Gasteiger partial charge in [0.1, 0.15) is 11.8 Å². The van der Waals surface area contributed by atoms with Crippen LogP contribution in [0.15, 0.2) is 45.8 Å². The summed E-state index contributed by atoms with van der Waals surface area (Å²) >= 11 is 1.50. The first kappa shape index (κ1) is 19.8. The van der Waals surface area contributed by atoms with Gasteiger partial charge in [0.15, 0.2) is 0 Å². The van der Waals surface area contributed by atoms with Crippen LogP contribution in [0.2, 0.25) is 0 Å². The van der Waals surface area contributed by atoms with Crippen molar-refractivity contribution in [2.45, 2.75) is 24.8 Å². The van der Waals surface area contributed by atoms with Crippen LogP contribution < -0.4 is 10.9 Å². The van der Waals surface area contributed by atoms with E-state index in [1.807, 2.05) is 29.4 Å². The molecule has 0 saturated carbocycles. The number of carbonyl (C=O) groups is 2. The zero-order valence-corrected chi connectivity index (χ0v) is 17.2. The number of nitrogens with zero attached hydrogens (tertiary/aromatic N) is 2. The molecule has 0 unspecified atom stereocenters. The highest BCUT2D eigenvalue weighted by atomic mass is 32.2. The minimum absolute atomic E-state index is 0.0734. The number of likely N-dealkylation sites (tertiary alicyclic amines) is 1. The molecule has 4 heterocycles. The lowest BCUT2D eigenvalue weighted by molar-refractivity contribution is -0.135. The lowest BCUT2D eigenvalue weighted by Crippen LogP contribution is -2.54. The summed E-state index contributed by atoms with van der Waals surface area (Å²) in [6.45, 7) is 1.55. The van der Waals surface area contributed by atoms with Gasteiger partial charge in [0.05, 0.1) is 12.0 Å². The first-order valence-corrected chi connectivity index (χ1v) is 11.3. The average molecular weight is 416 g/mol. The van der Waals surface area contributed by atoms with Gasteiger partial charge in [-0.15, -0.1) is 0 Å². The molecule has 0 spiro atoms. The molecule has 2 aliphatic heterocycles. The molecular formula is C21H25N3O4S. The number of carbonyl (C=O) groups excluding carboxylic acids is 2. The van der Waals surface area contributed by atoms with Gasteiger partial charge in [0, 0.05) is 49.7 Å². The van der Waals surface area contributed by atoms with Gasteiger partial charge in [-0.05, 0) is 30.9 Å². The number of rotatable bonds is 6. The van der Waals surface area contributed by atoms with Crippen LogP contribution in [0.4, 0.5) is 0 Å². The highest BCUT2D eigenvalue weighted by molar-refractivity contribution is 7.99. The molecule has 1 fully saturated rings. The summed E-state index contributed by atoms with van der Waals surface area (Å²) < 4.78 is 6.96. The third kappa shape index (κ3) is 3.99. The summed E-state index contributed by atoms with van der Waals surface area (Å²) in [5, 5.41) is 2.97. The molecule has 154 valence electrons. The number of hydrogen-bond acceptors (Lipinski definition) is 5. The largest absolute Gasteiger partial charge is 0.469 e. The average Bonchev–Trinajstić information content (AvgIpc) is 3.22. The van der Waals surface area contributed by atoms with Crippen molar-refractivity contribution in [1.29, 1.82) is 0 Å². The Balaban J connectivity index is 1.58. The highest BCUT2D eigenvalue weighted by Gasteiger charge is 2.44. The predicted octanol–water partition coefficient (Wildman–Crippen LogP) is 1.65. The number of fused-ring (bicyclic) bond motifs is 4. The van der Waals surface area contributed by atoms with E-state index in [0.29, 0.717) is 31.8 Å². The van der Waals surface area contributed by atoms with E-state index in [-0.39, 0.29) is 29.2 Å².